The Labute approximate surface area is 103 Å². The molecule has 0 amide bonds. The first kappa shape index (κ1) is 12.3. The molecule has 1 aromatic carbocycles. The van der Waals surface area contributed by atoms with E-state index in [1.165, 1.54) is 11.1 Å². The van der Waals surface area contributed by atoms with Gasteiger partial charge < -0.3 is 9.53 Å². The molecule has 1 fully saturated rings. The summed E-state index contributed by atoms with van der Waals surface area (Å²) >= 11 is 0. The largest absolute Gasteiger partial charge is 0.381 e. The molecule has 0 spiro atoms. The van der Waals surface area contributed by atoms with Gasteiger partial charge in [-0.2, -0.15) is 0 Å². The summed E-state index contributed by atoms with van der Waals surface area (Å²) in [4.78, 5) is 10.9. The standard InChI is InChI=1S/C15H20O2/c1-12-4-2-3-5-14(12)15(6-9-16)13-7-10-17-11-8-13/h2-5,9,13,15H,6-8,10-11H2,1H3. The molecule has 0 radical (unpaired) electrons. The third kappa shape index (κ3) is 2.95. The van der Waals surface area contributed by atoms with E-state index in [-0.39, 0.29) is 0 Å². The fourth-order valence-electron chi connectivity index (χ4n) is 2.80. The van der Waals surface area contributed by atoms with Gasteiger partial charge in [0.15, 0.2) is 0 Å². The van der Waals surface area contributed by atoms with Crippen LogP contribution in [0.5, 0.6) is 0 Å². The van der Waals surface area contributed by atoms with Crippen LogP contribution < -0.4 is 0 Å². The average Bonchev–Trinajstić information content (AvgIpc) is 2.38. The Morgan fingerprint density at radius 1 is 1.35 bits per heavy atom. The van der Waals surface area contributed by atoms with Gasteiger partial charge in [0.25, 0.3) is 0 Å². The highest BCUT2D eigenvalue weighted by molar-refractivity contribution is 5.52. The van der Waals surface area contributed by atoms with Crippen LogP contribution in [0.4, 0.5) is 0 Å². The maximum atomic E-state index is 10.9. The van der Waals surface area contributed by atoms with Crippen molar-refractivity contribution in [2.75, 3.05) is 13.2 Å². The number of carbonyl (C=O) groups is 1. The van der Waals surface area contributed by atoms with Crippen LogP contribution >= 0.6 is 0 Å². The van der Waals surface area contributed by atoms with E-state index in [0.717, 1.165) is 32.3 Å². The quantitative estimate of drug-likeness (QED) is 0.746. The van der Waals surface area contributed by atoms with E-state index in [2.05, 4.69) is 31.2 Å². The number of hydrogen-bond acceptors (Lipinski definition) is 2. The minimum Gasteiger partial charge on any atom is -0.381 e. The number of carbonyl (C=O) groups excluding carboxylic acids is 1. The highest BCUT2D eigenvalue weighted by atomic mass is 16.5. The molecule has 92 valence electrons. The highest BCUT2D eigenvalue weighted by Crippen LogP contribution is 2.35. The number of hydrogen-bond donors (Lipinski definition) is 0. The van der Waals surface area contributed by atoms with E-state index in [1.54, 1.807) is 0 Å². The van der Waals surface area contributed by atoms with Gasteiger partial charge in [-0.15, -0.1) is 0 Å². The Bertz CT molecular complexity index is 367. The summed E-state index contributed by atoms with van der Waals surface area (Å²) in [6.07, 6.45) is 3.85. The van der Waals surface area contributed by atoms with Crippen molar-refractivity contribution in [3.8, 4) is 0 Å². The molecule has 1 unspecified atom stereocenters. The van der Waals surface area contributed by atoms with E-state index in [9.17, 15) is 4.79 Å². The number of aldehydes is 1. The molecule has 2 heteroatoms. The zero-order valence-corrected chi connectivity index (χ0v) is 10.4. The maximum Gasteiger partial charge on any atom is 0.120 e. The van der Waals surface area contributed by atoms with Crippen molar-refractivity contribution in [1.82, 2.24) is 0 Å². The lowest BCUT2D eigenvalue weighted by atomic mass is 9.78. The van der Waals surface area contributed by atoms with Gasteiger partial charge >= 0.3 is 0 Å². The van der Waals surface area contributed by atoms with Crippen molar-refractivity contribution in [1.29, 1.82) is 0 Å². The van der Waals surface area contributed by atoms with Gasteiger partial charge in [0.1, 0.15) is 6.29 Å². The summed E-state index contributed by atoms with van der Waals surface area (Å²) < 4.78 is 5.41. The Morgan fingerprint density at radius 3 is 2.71 bits per heavy atom. The molecule has 0 aromatic heterocycles. The number of aryl methyl sites for hydroxylation is 1. The molecular weight excluding hydrogens is 212 g/mol. The second-order valence-electron chi connectivity index (χ2n) is 4.82. The van der Waals surface area contributed by atoms with Crippen molar-refractivity contribution in [3.05, 3.63) is 35.4 Å². The third-order valence-corrected chi connectivity index (χ3v) is 3.77. The minimum absolute atomic E-state index is 0.373. The molecule has 1 aliphatic heterocycles. The smallest absolute Gasteiger partial charge is 0.120 e. The number of rotatable bonds is 4. The predicted molar refractivity (Wildman–Crippen MR) is 68.1 cm³/mol. The van der Waals surface area contributed by atoms with Gasteiger partial charge in [-0.1, -0.05) is 24.3 Å². The summed E-state index contributed by atoms with van der Waals surface area (Å²) in [6, 6.07) is 8.42. The molecule has 0 bridgehead atoms. The molecular formula is C15H20O2. The summed E-state index contributed by atoms with van der Waals surface area (Å²) in [7, 11) is 0. The van der Waals surface area contributed by atoms with Gasteiger partial charge in [-0.3, -0.25) is 0 Å². The first-order valence-corrected chi connectivity index (χ1v) is 6.40. The Balaban J connectivity index is 2.21. The molecule has 1 heterocycles. The van der Waals surface area contributed by atoms with Gasteiger partial charge in [0.05, 0.1) is 0 Å². The number of ether oxygens (including phenoxy) is 1. The van der Waals surface area contributed by atoms with Crippen LogP contribution in [0.25, 0.3) is 0 Å². The zero-order valence-electron chi connectivity index (χ0n) is 10.4. The van der Waals surface area contributed by atoms with Crippen LogP contribution in [0.3, 0.4) is 0 Å². The van der Waals surface area contributed by atoms with E-state index >= 15 is 0 Å². The zero-order chi connectivity index (χ0) is 12.1. The van der Waals surface area contributed by atoms with E-state index in [4.69, 9.17) is 4.74 Å². The summed E-state index contributed by atoms with van der Waals surface area (Å²) in [5, 5.41) is 0. The Kier molecular flexibility index (Phi) is 4.32. The second-order valence-corrected chi connectivity index (χ2v) is 4.82. The fourth-order valence-corrected chi connectivity index (χ4v) is 2.80. The van der Waals surface area contributed by atoms with Crippen LogP contribution in [0, 0.1) is 12.8 Å². The molecule has 0 N–H and O–H groups in total. The van der Waals surface area contributed by atoms with E-state index in [1.807, 2.05) is 0 Å². The molecule has 17 heavy (non-hydrogen) atoms. The molecule has 1 aromatic rings. The van der Waals surface area contributed by atoms with Crippen LogP contribution in [0.15, 0.2) is 24.3 Å². The third-order valence-electron chi connectivity index (χ3n) is 3.77. The van der Waals surface area contributed by atoms with Crippen LogP contribution in [-0.4, -0.2) is 19.5 Å². The first-order chi connectivity index (χ1) is 8.33. The number of benzene rings is 1. The second kappa shape index (κ2) is 5.97. The summed E-state index contributed by atoms with van der Waals surface area (Å²) in [5.41, 5.74) is 2.64. The van der Waals surface area contributed by atoms with Crippen molar-refractivity contribution < 1.29 is 9.53 Å². The van der Waals surface area contributed by atoms with Crippen molar-refractivity contribution in [3.63, 3.8) is 0 Å². The van der Waals surface area contributed by atoms with Crippen molar-refractivity contribution in [2.45, 2.75) is 32.1 Å². The highest BCUT2D eigenvalue weighted by Gasteiger charge is 2.25. The lowest BCUT2D eigenvalue weighted by molar-refractivity contribution is -0.108. The summed E-state index contributed by atoms with van der Waals surface area (Å²) in [6.45, 7) is 3.81. The van der Waals surface area contributed by atoms with E-state index < -0.39 is 0 Å². The predicted octanol–water partition coefficient (Wildman–Crippen LogP) is 3.09. The van der Waals surface area contributed by atoms with Gasteiger partial charge in [-0.05, 0) is 42.7 Å². The molecule has 1 aliphatic rings. The molecule has 2 rings (SSSR count). The Hall–Kier alpha value is -1.15. The molecule has 0 aliphatic carbocycles. The van der Waals surface area contributed by atoms with Gasteiger partial charge in [0.2, 0.25) is 0 Å². The van der Waals surface area contributed by atoms with Gasteiger partial charge in [0, 0.05) is 19.6 Å². The molecule has 1 saturated heterocycles. The molecule has 2 nitrogen and oxygen atoms in total. The summed E-state index contributed by atoms with van der Waals surface area (Å²) in [5.74, 6) is 0.965. The van der Waals surface area contributed by atoms with Gasteiger partial charge in [-0.25, -0.2) is 0 Å². The SMILES string of the molecule is Cc1ccccc1C(CC=O)C1CCOCC1. The van der Waals surface area contributed by atoms with Crippen LogP contribution in [0.1, 0.15) is 36.3 Å². The fraction of sp³-hybridized carbons (Fsp3) is 0.533. The molecule has 0 saturated carbocycles. The van der Waals surface area contributed by atoms with E-state index in [0.29, 0.717) is 18.3 Å². The van der Waals surface area contributed by atoms with Crippen LogP contribution in [0.2, 0.25) is 0 Å². The lowest BCUT2D eigenvalue weighted by Gasteiger charge is -2.30. The van der Waals surface area contributed by atoms with Crippen LogP contribution in [-0.2, 0) is 9.53 Å². The minimum atomic E-state index is 0.373. The lowest BCUT2D eigenvalue weighted by Crippen LogP contribution is -2.23. The first-order valence-electron chi connectivity index (χ1n) is 6.40. The van der Waals surface area contributed by atoms with Crippen molar-refractivity contribution in [2.24, 2.45) is 5.92 Å². The Morgan fingerprint density at radius 2 is 2.06 bits per heavy atom. The normalized spacial score (nSPS) is 18.9. The topological polar surface area (TPSA) is 26.3 Å². The average molecular weight is 232 g/mol. The monoisotopic (exact) mass is 232 g/mol. The van der Waals surface area contributed by atoms with Crippen molar-refractivity contribution >= 4 is 6.29 Å². The molecule has 1 atom stereocenters. The maximum absolute atomic E-state index is 10.9.